The van der Waals surface area contributed by atoms with Crippen molar-refractivity contribution in [3.8, 4) is 0 Å². The zero-order valence-corrected chi connectivity index (χ0v) is 15.5. The van der Waals surface area contributed by atoms with Crippen molar-refractivity contribution in [2.75, 3.05) is 37.3 Å². The molecule has 0 amide bonds. The summed E-state index contributed by atoms with van der Waals surface area (Å²) in [6, 6.07) is 6.58. The van der Waals surface area contributed by atoms with Gasteiger partial charge in [-0.05, 0) is 68.5 Å². The predicted molar refractivity (Wildman–Crippen MR) is 106 cm³/mol. The number of fused-ring (bicyclic) bond motifs is 1. The maximum Gasteiger partial charge on any atom is 0.229 e. The van der Waals surface area contributed by atoms with Crippen LogP contribution >= 0.6 is 0 Å². The Kier molecular flexibility index (Phi) is 5.04. The Morgan fingerprint density at radius 2 is 2.15 bits per heavy atom. The lowest BCUT2D eigenvalue weighted by Gasteiger charge is -2.25. The molecule has 0 radical (unpaired) electrons. The molecule has 2 heterocycles. The molecule has 138 valence electrons. The molecular weight excluding hydrogens is 324 g/mol. The molecule has 26 heavy (non-hydrogen) atoms. The van der Waals surface area contributed by atoms with Crippen molar-refractivity contribution < 1.29 is 0 Å². The fourth-order valence-corrected chi connectivity index (χ4v) is 3.50. The minimum absolute atomic E-state index is 0.616. The Labute approximate surface area is 155 Å². The van der Waals surface area contributed by atoms with Gasteiger partial charge in [-0.2, -0.15) is 4.98 Å². The number of nitrogens with one attached hydrogen (secondary N) is 2. The molecule has 0 spiro atoms. The van der Waals surface area contributed by atoms with E-state index in [-0.39, 0.29) is 0 Å². The Bertz CT molecular complexity index is 771. The second-order valence-corrected chi connectivity index (χ2v) is 7.44. The molecule has 1 saturated carbocycles. The summed E-state index contributed by atoms with van der Waals surface area (Å²) in [4.78, 5) is 11.7. The molecule has 1 aromatic carbocycles. The zero-order valence-electron chi connectivity index (χ0n) is 15.5. The highest BCUT2D eigenvalue weighted by Gasteiger charge is 2.27. The van der Waals surface area contributed by atoms with E-state index < -0.39 is 0 Å². The molecule has 4 N–H and O–H groups in total. The monoisotopic (exact) mass is 352 g/mol. The third-order valence-corrected chi connectivity index (χ3v) is 5.17. The molecule has 1 fully saturated rings. The van der Waals surface area contributed by atoms with Gasteiger partial charge in [-0.25, -0.2) is 4.98 Å². The largest absolute Gasteiger partial charge is 0.370 e. The van der Waals surface area contributed by atoms with Gasteiger partial charge in [0.15, 0.2) is 0 Å². The highest BCUT2D eigenvalue weighted by Crippen LogP contribution is 2.42. The fraction of sp³-hybridized carbons (Fsp3) is 0.500. The number of likely N-dealkylation sites (N-methyl/N-ethyl adjacent to an activating group) is 1. The van der Waals surface area contributed by atoms with Gasteiger partial charge in [0.2, 0.25) is 5.95 Å². The summed E-state index contributed by atoms with van der Waals surface area (Å²) in [5, 5.41) is 6.82. The van der Waals surface area contributed by atoms with Crippen LogP contribution < -0.4 is 16.4 Å². The van der Waals surface area contributed by atoms with E-state index in [4.69, 9.17) is 10.7 Å². The molecule has 6 nitrogen and oxygen atoms in total. The quantitative estimate of drug-likeness (QED) is 0.665. The van der Waals surface area contributed by atoms with Crippen LogP contribution in [0, 0.1) is 0 Å². The first kappa shape index (κ1) is 17.2. The first-order chi connectivity index (χ1) is 12.7. The molecule has 0 bridgehead atoms. The van der Waals surface area contributed by atoms with Crippen LogP contribution in [0.1, 0.15) is 41.9 Å². The van der Waals surface area contributed by atoms with Crippen molar-refractivity contribution in [3.63, 3.8) is 0 Å². The van der Waals surface area contributed by atoms with Crippen LogP contribution in [0.15, 0.2) is 24.4 Å². The third-order valence-electron chi connectivity index (χ3n) is 5.17. The van der Waals surface area contributed by atoms with Crippen molar-refractivity contribution in [2.24, 2.45) is 5.73 Å². The van der Waals surface area contributed by atoms with Crippen molar-refractivity contribution in [2.45, 2.75) is 38.1 Å². The lowest BCUT2D eigenvalue weighted by atomic mass is 9.99. The van der Waals surface area contributed by atoms with Crippen LogP contribution in [0.25, 0.3) is 0 Å². The number of rotatable bonds is 7. The van der Waals surface area contributed by atoms with Gasteiger partial charge in [0.1, 0.15) is 5.82 Å². The number of anilines is 3. The lowest BCUT2D eigenvalue weighted by molar-refractivity contribution is 0.313. The van der Waals surface area contributed by atoms with Crippen molar-refractivity contribution >= 4 is 17.5 Å². The Balaban J connectivity index is 1.51. The smallest absolute Gasteiger partial charge is 0.229 e. The van der Waals surface area contributed by atoms with E-state index in [9.17, 15) is 0 Å². The Hall–Kier alpha value is -2.18. The Morgan fingerprint density at radius 3 is 2.96 bits per heavy atom. The van der Waals surface area contributed by atoms with Crippen LogP contribution in [0.4, 0.5) is 17.5 Å². The highest BCUT2D eigenvalue weighted by molar-refractivity contribution is 5.59. The summed E-state index contributed by atoms with van der Waals surface area (Å²) in [7, 11) is 2.17. The molecule has 6 heteroatoms. The van der Waals surface area contributed by atoms with E-state index in [2.05, 4.69) is 45.8 Å². The van der Waals surface area contributed by atoms with Gasteiger partial charge in [0.05, 0.1) is 0 Å². The Morgan fingerprint density at radius 1 is 1.27 bits per heavy atom. The minimum atomic E-state index is 0.616. The summed E-state index contributed by atoms with van der Waals surface area (Å²) >= 11 is 0. The second-order valence-electron chi connectivity index (χ2n) is 7.44. The summed E-state index contributed by atoms with van der Waals surface area (Å²) in [5.41, 5.74) is 10.7. The minimum Gasteiger partial charge on any atom is -0.370 e. The van der Waals surface area contributed by atoms with Crippen LogP contribution in [0.5, 0.6) is 0 Å². The average molecular weight is 352 g/mol. The highest BCUT2D eigenvalue weighted by atomic mass is 15.1. The molecule has 2 aliphatic rings. The molecule has 1 aliphatic carbocycles. The summed E-state index contributed by atoms with van der Waals surface area (Å²) in [6.45, 7) is 3.67. The van der Waals surface area contributed by atoms with Crippen LogP contribution in [-0.4, -0.2) is 41.5 Å². The number of aromatic nitrogens is 2. The first-order valence-electron chi connectivity index (χ1n) is 9.61. The molecule has 0 atom stereocenters. The maximum atomic E-state index is 5.61. The molecule has 0 unspecified atom stereocenters. The number of benzene rings is 1. The second kappa shape index (κ2) is 7.60. The normalized spacial score (nSPS) is 17.0. The number of nitrogens with two attached hydrogens (primary N) is 1. The van der Waals surface area contributed by atoms with Crippen molar-refractivity contribution in [1.29, 1.82) is 0 Å². The van der Waals surface area contributed by atoms with Gasteiger partial charge in [0.25, 0.3) is 0 Å². The molecule has 4 rings (SSSR count). The molecule has 0 saturated heterocycles. The zero-order chi connectivity index (χ0) is 17.9. The van der Waals surface area contributed by atoms with E-state index in [1.54, 1.807) is 0 Å². The van der Waals surface area contributed by atoms with Gasteiger partial charge in [-0.15, -0.1) is 0 Å². The molecule has 1 aromatic heterocycles. The summed E-state index contributed by atoms with van der Waals surface area (Å²) in [6.07, 6.45) is 6.48. The fourth-order valence-electron chi connectivity index (χ4n) is 3.50. The molecule has 1 aliphatic heterocycles. The van der Waals surface area contributed by atoms with Crippen molar-refractivity contribution in [3.05, 3.63) is 41.1 Å². The average Bonchev–Trinajstić information content (AvgIpc) is 3.47. The van der Waals surface area contributed by atoms with E-state index in [1.165, 1.54) is 29.5 Å². The summed E-state index contributed by atoms with van der Waals surface area (Å²) < 4.78 is 0. The predicted octanol–water partition coefficient (Wildman–Crippen LogP) is 2.85. The topological polar surface area (TPSA) is 79.1 Å². The maximum absolute atomic E-state index is 5.61. The van der Waals surface area contributed by atoms with Crippen LogP contribution in [-0.2, 0) is 13.0 Å². The van der Waals surface area contributed by atoms with Gasteiger partial charge < -0.3 is 21.3 Å². The van der Waals surface area contributed by atoms with E-state index in [1.807, 2.05) is 6.20 Å². The van der Waals surface area contributed by atoms with E-state index in [0.717, 1.165) is 44.0 Å². The lowest BCUT2D eigenvalue weighted by Crippen LogP contribution is -2.26. The first-order valence-corrected chi connectivity index (χ1v) is 9.61. The third kappa shape index (κ3) is 3.97. The van der Waals surface area contributed by atoms with Gasteiger partial charge >= 0.3 is 0 Å². The standard InChI is InChI=1S/C20H28N6/c1-26-10-7-15-11-17(6-5-16(15)13-26)24-20-23-12-18(14-3-4-14)19(25-20)22-9-2-8-21/h5-6,11-12,14H,2-4,7-10,13,21H2,1H3,(H2,22,23,24,25). The SMILES string of the molecule is CN1CCc2cc(Nc3ncc(C4CC4)c(NCCCN)n3)ccc2C1. The van der Waals surface area contributed by atoms with Crippen LogP contribution in [0.2, 0.25) is 0 Å². The van der Waals surface area contributed by atoms with Gasteiger partial charge in [0, 0.05) is 37.1 Å². The van der Waals surface area contributed by atoms with Crippen molar-refractivity contribution in [1.82, 2.24) is 14.9 Å². The van der Waals surface area contributed by atoms with E-state index >= 15 is 0 Å². The number of hydrogen-bond donors (Lipinski definition) is 3. The van der Waals surface area contributed by atoms with Gasteiger partial charge in [-0.3, -0.25) is 0 Å². The van der Waals surface area contributed by atoms with E-state index in [0.29, 0.717) is 18.4 Å². The summed E-state index contributed by atoms with van der Waals surface area (Å²) in [5.74, 6) is 2.22. The number of nitrogens with zero attached hydrogens (tertiary/aromatic N) is 3. The number of hydrogen-bond acceptors (Lipinski definition) is 6. The van der Waals surface area contributed by atoms with Crippen LogP contribution in [0.3, 0.4) is 0 Å². The molecule has 2 aromatic rings. The molecular formula is C20H28N6. The van der Waals surface area contributed by atoms with Gasteiger partial charge in [-0.1, -0.05) is 6.07 Å².